The third-order valence-electron chi connectivity index (χ3n) is 4.72. The molecule has 0 unspecified atom stereocenters. The van der Waals surface area contributed by atoms with E-state index in [1.165, 1.54) is 28.4 Å². The van der Waals surface area contributed by atoms with Gasteiger partial charge in [0.05, 0.1) is 46.2 Å². The van der Waals surface area contributed by atoms with Crippen LogP contribution in [0.25, 0.3) is 10.9 Å². The molecule has 0 radical (unpaired) electrons. The van der Waals surface area contributed by atoms with Gasteiger partial charge >= 0.3 is 0 Å². The van der Waals surface area contributed by atoms with Crippen LogP contribution in [0.5, 0.6) is 23.0 Å². The molecule has 3 N–H and O–H groups in total. The summed E-state index contributed by atoms with van der Waals surface area (Å²) in [4.78, 5) is 28.0. The number of H-pyrrole nitrogens is 1. The number of methoxy groups -OCH3 is 4. The molecule has 2 amide bonds. The van der Waals surface area contributed by atoms with Crippen molar-refractivity contribution in [1.82, 2.24) is 10.3 Å². The van der Waals surface area contributed by atoms with Gasteiger partial charge in [0.25, 0.3) is 5.91 Å². The van der Waals surface area contributed by atoms with Crippen molar-refractivity contribution in [3.05, 3.63) is 41.6 Å². The Morgan fingerprint density at radius 3 is 2.26 bits per heavy atom. The first-order valence-electron chi connectivity index (χ1n) is 9.46. The number of carbonyl (C=O) groups is 2. The Morgan fingerprint density at radius 1 is 0.903 bits per heavy atom. The Bertz CT molecular complexity index is 1120. The van der Waals surface area contributed by atoms with E-state index < -0.39 is 5.91 Å². The zero-order chi connectivity index (χ0) is 22.5. The molecular formula is C22H25N3O6. The van der Waals surface area contributed by atoms with Gasteiger partial charge in [0.15, 0.2) is 11.5 Å². The summed E-state index contributed by atoms with van der Waals surface area (Å²) in [6, 6.07) is 8.75. The molecule has 9 heteroatoms. The number of rotatable bonds is 8. The molecular weight excluding hydrogens is 402 g/mol. The Morgan fingerprint density at radius 2 is 1.61 bits per heavy atom. The number of fused-ring (bicyclic) bond motifs is 1. The van der Waals surface area contributed by atoms with E-state index in [9.17, 15) is 9.59 Å². The average molecular weight is 427 g/mol. The molecule has 0 aliphatic carbocycles. The first-order chi connectivity index (χ1) is 14.9. The minimum absolute atomic E-state index is 0.219. The molecule has 0 aliphatic heterocycles. The van der Waals surface area contributed by atoms with E-state index in [1.54, 1.807) is 24.3 Å². The van der Waals surface area contributed by atoms with Crippen molar-refractivity contribution in [3.63, 3.8) is 0 Å². The van der Waals surface area contributed by atoms with Gasteiger partial charge in [-0.2, -0.15) is 0 Å². The van der Waals surface area contributed by atoms with Crippen LogP contribution in [0.1, 0.15) is 16.1 Å². The van der Waals surface area contributed by atoms with Crippen LogP contribution in [0, 0.1) is 6.92 Å². The molecule has 0 spiro atoms. The molecule has 0 atom stereocenters. The van der Waals surface area contributed by atoms with Crippen molar-refractivity contribution in [2.75, 3.05) is 40.3 Å². The Balaban J connectivity index is 1.76. The maximum Gasteiger partial charge on any atom is 0.268 e. The first kappa shape index (κ1) is 21.8. The molecule has 164 valence electrons. The molecule has 0 bridgehead atoms. The van der Waals surface area contributed by atoms with Gasteiger partial charge < -0.3 is 34.6 Å². The number of aryl methyl sites for hydroxylation is 1. The topological polar surface area (TPSA) is 111 Å². The summed E-state index contributed by atoms with van der Waals surface area (Å²) in [6.45, 7) is 1.69. The highest BCUT2D eigenvalue weighted by molar-refractivity contribution is 6.04. The number of carbonyl (C=O) groups excluding carboxylic acids is 2. The second-order valence-corrected chi connectivity index (χ2v) is 6.72. The molecule has 1 heterocycles. The molecule has 3 rings (SSSR count). The molecule has 31 heavy (non-hydrogen) atoms. The summed E-state index contributed by atoms with van der Waals surface area (Å²) in [5.41, 5.74) is 2.31. The fourth-order valence-electron chi connectivity index (χ4n) is 3.23. The first-order valence-corrected chi connectivity index (χ1v) is 9.46. The Hall–Kier alpha value is -3.88. The zero-order valence-corrected chi connectivity index (χ0v) is 18.0. The largest absolute Gasteiger partial charge is 0.496 e. The third kappa shape index (κ3) is 4.50. The van der Waals surface area contributed by atoms with Gasteiger partial charge in [-0.3, -0.25) is 9.59 Å². The summed E-state index contributed by atoms with van der Waals surface area (Å²) in [5, 5.41) is 5.99. The maximum absolute atomic E-state index is 12.6. The number of aromatic amines is 1. The van der Waals surface area contributed by atoms with E-state index in [-0.39, 0.29) is 18.1 Å². The van der Waals surface area contributed by atoms with Crippen LogP contribution in [-0.4, -0.2) is 51.8 Å². The molecule has 0 saturated carbocycles. The molecule has 3 aromatic rings. The fourth-order valence-corrected chi connectivity index (χ4v) is 3.23. The van der Waals surface area contributed by atoms with Crippen molar-refractivity contribution in [2.45, 2.75) is 6.92 Å². The van der Waals surface area contributed by atoms with Gasteiger partial charge in [0, 0.05) is 11.5 Å². The second-order valence-electron chi connectivity index (χ2n) is 6.72. The van der Waals surface area contributed by atoms with Crippen molar-refractivity contribution < 1.29 is 28.5 Å². The van der Waals surface area contributed by atoms with Crippen molar-refractivity contribution in [1.29, 1.82) is 0 Å². The standard InChI is InChI=1S/C22H25N3O6/c1-12-6-7-16(28-2)14(8-12)24-19(26)11-23-22(27)15-9-13-17(29-3)10-18(30-4)21(31-5)20(13)25-15/h6-10,25H,11H2,1-5H3,(H,23,27)(H,24,26). The van der Waals surface area contributed by atoms with Gasteiger partial charge in [0.1, 0.15) is 17.2 Å². The number of anilines is 1. The van der Waals surface area contributed by atoms with Gasteiger partial charge in [-0.05, 0) is 30.7 Å². The van der Waals surface area contributed by atoms with E-state index in [1.807, 2.05) is 13.0 Å². The van der Waals surface area contributed by atoms with Gasteiger partial charge in [0.2, 0.25) is 5.91 Å². The number of benzene rings is 2. The number of ether oxygens (including phenoxy) is 4. The lowest BCUT2D eigenvalue weighted by atomic mass is 10.2. The molecule has 1 aromatic heterocycles. The van der Waals surface area contributed by atoms with E-state index >= 15 is 0 Å². The SMILES string of the molecule is COc1ccc(C)cc1NC(=O)CNC(=O)c1cc2c(OC)cc(OC)c(OC)c2[nH]1. The predicted octanol–water partition coefficient (Wildman–Crippen LogP) is 2.88. The molecule has 9 nitrogen and oxygen atoms in total. The highest BCUT2D eigenvalue weighted by atomic mass is 16.5. The summed E-state index contributed by atoms with van der Waals surface area (Å²) in [5.74, 6) is 1.13. The van der Waals surface area contributed by atoms with E-state index in [4.69, 9.17) is 18.9 Å². The smallest absolute Gasteiger partial charge is 0.268 e. The van der Waals surface area contributed by atoms with Crippen LogP contribution in [0.3, 0.4) is 0 Å². The minimum Gasteiger partial charge on any atom is -0.496 e. The number of hydrogen-bond acceptors (Lipinski definition) is 6. The van der Waals surface area contributed by atoms with Crippen LogP contribution in [-0.2, 0) is 4.79 Å². The molecule has 2 aromatic carbocycles. The van der Waals surface area contributed by atoms with Crippen molar-refractivity contribution in [3.8, 4) is 23.0 Å². The molecule has 0 aliphatic rings. The summed E-state index contributed by atoms with van der Waals surface area (Å²) in [7, 11) is 6.07. The van der Waals surface area contributed by atoms with Crippen LogP contribution in [0.4, 0.5) is 5.69 Å². The number of hydrogen-bond donors (Lipinski definition) is 3. The van der Waals surface area contributed by atoms with Crippen LogP contribution in [0.15, 0.2) is 30.3 Å². The van der Waals surface area contributed by atoms with Crippen LogP contribution >= 0.6 is 0 Å². The molecule has 0 saturated heterocycles. The number of nitrogens with one attached hydrogen (secondary N) is 3. The third-order valence-corrected chi connectivity index (χ3v) is 4.72. The van der Waals surface area contributed by atoms with Gasteiger partial charge in [-0.1, -0.05) is 6.07 Å². The maximum atomic E-state index is 12.6. The second kappa shape index (κ2) is 9.29. The lowest BCUT2D eigenvalue weighted by molar-refractivity contribution is -0.115. The summed E-state index contributed by atoms with van der Waals surface area (Å²) in [6.07, 6.45) is 0. The quantitative estimate of drug-likeness (QED) is 0.510. The van der Waals surface area contributed by atoms with E-state index in [0.717, 1.165) is 5.56 Å². The van der Waals surface area contributed by atoms with Crippen molar-refractivity contribution in [2.24, 2.45) is 0 Å². The lowest BCUT2D eigenvalue weighted by Gasteiger charge is -2.11. The number of aromatic nitrogens is 1. The predicted molar refractivity (Wildman–Crippen MR) is 117 cm³/mol. The summed E-state index contributed by atoms with van der Waals surface area (Å²) < 4.78 is 21.4. The fraction of sp³-hybridized carbons (Fsp3) is 0.273. The Labute approximate surface area is 179 Å². The Kier molecular flexibility index (Phi) is 6.54. The van der Waals surface area contributed by atoms with Crippen molar-refractivity contribution >= 4 is 28.4 Å². The van der Waals surface area contributed by atoms with Gasteiger partial charge in [-0.25, -0.2) is 0 Å². The average Bonchev–Trinajstić information content (AvgIpc) is 3.21. The number of amides is 2. The molecule has 0 fully saturated rings. The normalized spacial score (nSPS) is 10.5. The van der Waals surface area contributed by atoms with E-state index in [0.29, 0.717) is 39.6 Å². The van der Waals surface area contributed by atoms with E-state index in [2.05, 4.69) is 15.6 Å². The lowest BCUT2D eigenvalue weighted by Crippen LogP contribution is -2.33. The van der Waals surface area contributed by atoms with Gasteiger partial charge in [-0.15, -0.1) is 0 Å². The highest BCUT2D eigenvalue weighted by Gasteiger charge is 2.20. The van der Waals surface area contributed by atoms with Crippen LogP contribution in [0.2, 0.25) is 0 Å². The minimum atomic E-state index is -0.453. The van der Waals surface area contributed by atoms with Crippen LogP contribution < -0.4 is 29.6 Å². The highest BCUT2D eigenvalue weighted by Crippen LogP contribution is 2.41. The zero-order valence-electron chi connectivity index (χ0n) is 18.0. The monoisotopic (exact) mass is 427 g/mol. The summed E-state index contributed by atoms with van der Waals surface area (Å²) >= 11 is 0.